The van der Waals surface area contributed by atoms with Gasteiger partial charge in [0.05, 0.1) is 0 Å². The predicted molar refractivity (Wildman–Crippen MR) is 83.8 cm³/mol. The van der Waals surface area contributed by atoms with Crippen LogP contribution in [0.5, 0.6) is 0 Å². The van der Waals surface area contributed by atoms with Crippen LogP contribution in [-0.4, -0.2) is 12.6 Å². The molecule has 1 aromatic rings. The van der Waals surface area contributed by atoms with Crippen LogP contribution in [-0.2, 0) is 0 Å². The summed E-state index contributed by atoms with van der Waals surface area (Å²) < 4.78 is 0. The molecule has 1 atom stereocenters. The van der Waals surface area contributed by atoms with E-state index in [-0.39, 0.29) is 0 Å². The van der Waals surface area contributed by atoms with E-state index in [1.807, 2.05) is 0 Å². The van der Waals surface area contributed by atoms with Gasteiger partial charge in [-0.2, -0.15) is 0 Å². The zero-order valence-electron chi connectivity index (χ0n) is 13.0. The lowest BCUT2D eigenvalue weighted by molar-refractivity contribution is 0.398. The molecule has 1 aromatic carbocycles. The molecule has 2 rings (SSSR count). The molecule has 0 aromatic heterocycles. The Morgan fingerprint density at radius 1 is 1.11 bits per heavy atom. The second-order valence-corrected chi connectivity index (χ2v) is 6.56. The molecule has 1 nitrogen and oxygen atoms in total. The fourth-order valence-electron chi connectivity index (χ4n) is 3.27. The lowest BCUT2D eigenvalue weighted by Gasteiger charge is -2.26. The van der Waals surface area contributed by atoms with Crippen LogP contribution in [0.25, 0.3) is 0 Å². The summed E-state index contributed by atoms with van der Waals surface area (Å²) in [7, 11) is 0. The molecule has 1 N–H and O–H groups in total. The fraction of sp³-hybridized carbons (Fsp3) is 0.667. The van der Waals surface area contributed by atoms with Crippen molar-refractivity contribution < 1.29 is 0 Å². The molecule has 0 amide bonds. The fourth-order valence-corrected chi connectivity index (χ4v) is 3.27. The maximum Gasteiger partial charge on any atom is 0.00251 e. The van der Waals surface area contributed by atoms with Crippen molar-refractivity contribution in [3.05, 3.63) is 34.9 Å². The molecule has 1 unspecified atom stereocenters. The van der Waals surface area contributed by atoms with Crippen molar-refractivity contribution in [2.75, 3.05) is 6.54 Å². The van der Waals surface area contributed by atoms with Crippen molar-refractivity contribution in [3.8, 4) is 0 Å². The molecule has 1 saturated carbocycles. The molecular formula is C18H29N. The highest BCUT2D eigenvalue weighted by atomic mass is 14.9. The van der Waals surface area contributed by atoms with Gasteiger partial charge in [0.25, 0.3) is 0 Å². The zero-order valence-corrected chi connectivity index (χ0v) is 13.0. The number of aryl methyl sites for hydroxylation is 2. The molecule has 0 aliphatic heterocycles. The van der Waals surface area contributed by atoms with Crippen molar-refractivity contribution in [3.63, 3.8) is 0 Å². The summed E-state index contributed by atoms with van der Waals surface area (Å²) in [5.41, 5.74) is 4.39. The second kappa shape index (κ2) is 6.56. The Bertz CT molecular complexity index is 402. The quantitative estimate of drug-likeness (QED) is 0.816. The Morgan fingerprint density at radius 3 is 2.37 bits per heavy atom. The van der Waals surface area contributed by atoms with E-state index in [0.717, 1.165) is 12.5 Å². The van der Waals surface area contributed by atoms with Gasteiger partial charge in [-0.25, -0.2) is 0 Å². The van der Waals surface area contributed by atoms with Gasteiger partial charge in [-0.05, 0) is 55.2 Å². The van der Waals surface area contributed by atoms with Gasteiger partial charge < -0.3 is 5.32 Å². The third-order valence-corrected chi connectivity index (χ3v) is 4.67. The van der Waals surface area contributed by atoms with Gasteiger partial charge in [0.2, 0.25) is 0 Å². The summed E-state index contributed by atoms with van der Waals surface area (Å²) >= 11 is 0. The van der Waals surface area contributed by atoms with Crippen LogP contribution in [0.2, 0.25) is 0 Å². The maximum atomic E-state index is 3.66. The Balaban J connectivity index is 2.17. The lowest BCUT2D eigenvalue weighted by atomic mass is 9.83. The first-order valence-corrected chi connectivity index (χ1v) is 7.88. The first kappa shape index (κ1) is 14.6. The van der Waals surface area contributed by atoms with Crippen molar-refractivity contribution in [1.82, 2.24) is 5.32 Å². The molecule has 1 heteroatoms. The van der Waals surface area contributed by atoms with Crippen LogP contribution in [0.3, 0.4) is 0 Å². The molecule has 19 heavy (non-hydrogen) atoms. The standard InChI is InChI=1S/C18H29N/c1-13(2)19-12-18(16-7-5-6-8-16)17-10-9-14(3)15(4)11-17/h9-11,13,16,18-19H,5-8,12H2,1-4H3. The van der Waals surface area contributed by atoms with E-state index in [9.17, 15) is 0 Å². The molecule has 0 bridgehead atoms. The SMILES string of the molecule is Cc1ccc(C(CNC(C)C)C2CCCC2)cc1C. The van der Waals surface area contributed by atoms with Gasteiger partial charge in [0.15, 0.2) is 0 Å². The van der Waals surface area contributed by atoms with Gasteiger partial charge >= 0.3 is 0 Å². The molecule has 0 radical (unpaired) electrons. The van der Waals surface area contributed by atoms with E-state index in [2.05, 4.69) is 51.2 Å². The number of benzene rings is 1. The highest BCUT2D eigenvalue weighted by Gasteiger charge is 2.26. The largest absolute Gasteiger partial charge is 0.314 e. The normalized spacial score (nSPS) is 18.2. The van der Waals surface area contributed by atoms with E-state index in [4.69, 9.17) is 0 Å². The summed E-state index contributed by atoms with van der Waals surface area (Å²) in [5, 5.41) is 3.66. The van der Waals surface area contributed by atoms with Gasteiger partial charge in [0, 0.05) is 12.6 Å². The van der Waals surface area contributed by atoms with E-state index in [1.54, 1.807) is 5.56 Å². The molecule has 0 heterocycles. The highest BCUT2D eigenvalue weighted by molar-refractivity contribution is 5.32. The third kappa shape index (κ3) is 3.82. The van der Waals surface area contributed by atoms with Crippen molar-refractivity contribution >= 4 is 0 Å². The third-order valence-electron chi connectivity index (χ3n) is 4.67. The molecule has 1 aliphatic carbocycles. The summed E-state index contributed by atoms with van der Waals surface area (Å²) in [4.78, 5) is 0. The number of hydrogen-bond acceptors (Lipinski definition) is 1. The Labute approximate surface area is 118 Å². The first-order chi connectivity index (χ1) is 9.08. The van der Waals surface area contributed by atoms with Crippen LogP contribution < -0.4 is 5.32 Å². The van der Waals surface area contributed by atoms with E-state index >= 15 is 0 Å². The smallest absolute Gasteiger partial charge is 0.00251 e. The number of nitrogens with one attached hydrogen (secondary N) is 1. The van der Waals surface area contributed by atoms with Crippen LogP contribution in [0.15, 0.2) is 18.2 Å². The molecule has 106 valence electrons. The minimum absolute atomic E-state index is 0.579. The lowest BCUT2D eigenvalue weighted by Crippen LogP contribution is -2.30. The molecule has 0 spiro atoms. The maximum absolute atomic E-state index is 3.66. The topological polar surface area (TPSA) is 12.0 Å². The Hall–Kier alpha value is -0.820. The molecule has 0 saturated heterocycles. The van der Waals surface area contributed by atoms with Crippen LogP contribution >= 0.6 is 0 Å². The summed E-state index contributed by atoms with van der Waals surface area (Å²) in [6, 6.07) is 7.64. The Kier molecular flexibility index (Phi) is 5.04. The predicted octanol–water partition coefficient (Wildman–Crippen LogP) is 4.58. The van der Waals surface area contributed by atoms with Gasteiger partial charge in [-0.1, -0.05) is 44.9 Å². The van der Waals surface area contributed by atoms with Crippen molar-refractivity contribution in [2.24, 2.45) is 5.92 Å². The van der Waals surface area contributed by atoms with Gasteiger partial charge in [-0.15, -0.1) is 0 Å². The minimum Gasteiger partial charge on any atom is -0.314 e. The van der Waals surface area contributed by atoms with Crippen LogP contribution in [0.4, 0.5) is 0 Å². The monoisotopic (exact) mass is 259 g/mol. The first-order valence-electron chi connectivity index (χ1n) is 7.88. The number of rotatable bonds is 5. The molecular weight excluding hydrogens is 230 g/mol. The average molecular weight is 259 g/mol. The molecule has 1 aliphatic rings. The average Bonchev–Trinajstić information content (AvgIpc) is 2.87. The zero-order chi connectivity index (χ0) is 13.8. The summed E-state index contributed by atoms with van der Waals surface area (Å²) in [6.45, 7) is 10.1. The van der Waals surface area contributed by atoms with Crippen LogP contribution in [0, 0.1) is 19.8 Å². The highest BCUT2D eigenvalue weighted by Crippen LogP contribution is 2.37. The number of hydrogen-bond donors (Lipinski definition) is 1. The van der Waals surface area contributed by atoms with Gasteiger partial charge in [-0.3, -0.25) is 0 Å². The van der Waals surface area contributed by atoms with E-state index in [0.29, 0.717) is 12.0 Å². The van der Waals surface area contributed by atoms with Crippen molar-refractivity contribution in [2.45, 2.75) is 65.3 Å². The minimum atomic E-state index is 0.579. The second-order valence-electron chi connectivity index (χ2n) is 6.56. The van der Waals surface area contributed by atoms with E-state index in [1.165, 1.54) is 36.8 Å². The summed E-state index contributed by atoms with van der Waals surface area (Å²) in [6.07, 6.45) is 5.68. The van der Waals surface area contributed by atoms with Crippen molar-refractivity contribution in [1.29, 1.82) is 0 Å². The van der Waals surface area contributed by atoms with Gasteiger partial charge in [0.1, 0.15) is 0 Å². The molecule has 1 fully saturated rings. The van der Waals surface area contributed by atoms with E-state index < -0.39 is 0 Å². The Morgan fingerprint density at radius 2 is 1.79 bits per heavy atom. The summed E-state index contributed by atoms with van der Waals surface area (Å²) in [5.74, 6) is 1.58. The van der Waals surface area contributed by atoms with Crippen LogP contribution in [0.1, 0.15) is 62.1 Å².